The van der Waals surface area contributed by atoms with E-state index in [1.54, 1.807) is 50.2 Å². The Bertz CT molecular complexity index is 1600. The molecule has 1 aliphatic carbocycles. The van der Waals surface area contributed by atoms with Crippen molar-refractivity contribution in [2.24, 2.45) is 0 Å². The summed E-state index contributed by atoms with van der Waals surface area (Å²) in [6.45, 7) is 2.39. The van der Waals surface area contributed by atoms with Gasteiger partial charge in [-0.15, -0.1) is 0 Å². The predicted molar refractivity (Wildman–Crippen MR) is 167 cm³/mol. The van der Waals surface area contributed by atoms with E-state index in [-0.39, 0.29) is 17.5 Å². The Labute approximate surface area is 268 Å². The van der Waals surface area contributed by atoms with Gasteiger partial charge in [0.15, 0.2) is 0 Å². The van der Waals surface area contributed by atoms with Crippen molar-refractivity contribution >= 4 is 55.1 Å². The van der Waals surface area contributed by atoms with E-state index in [2.05, 4.69) is 21.2 Å². The van der Waals surface area contributed by atoms with Crippen LogP contribution in [0.25, 0.3) is 0 Å². The zero-order valence-electron chi connectivity index (χ0n) is 24.1. The summed E-state index contributed by atoms with van der Waals surface area (Å²) in [5.74, 6) is -1.18. The second-order valence-electron chi connectivity index (χ2n) is 10.8. The Hall–Kier alpha value is -3.09. The van der Waals surface area contributed by atoms with E-state index in [1.165, 1.54) is 17.0 Å². The van der Waals surface area contributed by atoms with Gasteiger partial charge in [-0.3, -0.25) is 13.9 Å². The van der Waals surface area contributed by atoms with Crippen LogP contribution in [-0.4, -0.2) is 43.8 Å². The summed E-state index contributed by atoms with van der Waals surface area (Å²) < 4.78 is 70.7. The molecule has 0 radical (unpaired) electrons. The number of anilines is 1. The molecule has 3 aromatic carbocycles. The lowest BCUT2D eigenvalue weighted by Crippen LogP contribution is -2.52. The maximum Gasteiger partial charge on any atom is 0.417 e. The van der Waals surface area contributed by atoms with Crippen molar-refractivity contribution in [3.8, 4) is 0 Å². The summed E-state index contributed by atoms with van der Waals surface area (Å²) in [6, 6.07) is 14.4. The number of alkyl halides is 3. The molecule has 1 fully saturated rings. The van der Waals surface area contributed by atoms with Gasteiger partial charge in [0, 0.05) is 17.1 Å². The minimum Gasteiger partial charge on any atom is -0.352 e. The molecule has 3 aromatic rings. The number of aryl methyl sites for hydroxylation is 1. The first-order chi connectivity index (χ1) is 20.7. The molecule has 1 saturated carbocycles. The SMILES string of the molecule is Cc1ccc(S(=O)(=O)N(CC(=O)N(Cc2ccc(Br)cc2)C(C)C(=O)NC2CCCC2)c2ccc(Cl)c(C(F)(F)F)c2)cc1. The number of carbonyl (C=O) groups excluding carboxylic acids is 2. The summed E-state index contributed by atoms with van der Waals surface area (Å²) in [5, 5.41) is 2.36. The van der Waals surface area contributed by atoms with Crippen molar-refractivity contribution in [2.75, 3.05) is 10.8 Å². The molecule has 0 aromatic heterocycles. The number of amides is 2. The van der Waals surface area contributed by atoms with Crippen LogP contribution in [0.1, 0.15) is 49.3 Å². The van der Waals surface area contributed by atoms with Crippen LogP contribution in [0.3, 0.4) is 0 Å². The summed E-state index contributed by atoms with van der Waals surface area (Å²) in [4.78, 5) is 28.4. The lowest BCUT2D eigenvalue weighted by atomic mass is 10.1. The van der Waals surface area contributed by atoms with Crippen LogP contribution in [0, 0.1) is 6.92 Å². The lowest BCUT2D eigenvalue weighted by Gasteiger charge is -2.32. The van der Waals surface area contributed by atoms with Gasteiger partial charge in [-0.2, -0.15) is 13.2 Å². The maximum absolute atomic E-state index is 14.0. The zero-order valence-corrected chi connectivity index (χ0v) is 27.2. The molecule has 0 aliphatic heterocycles. The maximum atomic E-state index is 14.0. The molecule has 7 nitrogen and oxygen atoms in total. The van der Waals surface area contributed by atoms with Crippen LogP contribution < -0.4 is 9.62 Å². The molecule has 1 atom stereocenters. The van der Waals surface area contributed by atoms with E-state index in [4.69, 9.17) is 11.6 Å². The first-order valence-corrected chi connectivity index (χ1v) is 16.6. The number of sulfonamides is 1. The molecule has 0 saturated heterocycles. The second-order valence-corrected chi connectivity index (χ2v) is 14.0. The largest absolute Gasteiger partial charge is 0.417 e. The fourth-order valence-electron chi connectivity index (χ4n) is 5.01. The molecule has 236 valence electrons. The summed E-state index contributed by atoms with van der Waals surface area (Å²) >= 11 is 9.19. The van der Waals surface area contributed by atoms with Gasteiger partial charge in [0.2, 0.25) is 11.8 Å². The number of hydrogen-bond acceptors (Lipinski definition) is 4. The number of nitrogens with zero attached hydrogens (tertiary/aromatic N) is 2. The van der Waals surface area contributed by atoms with E-state index in [0.29, 0.717) is 15.9 Å². The molecule has 4 rings (SSSR count). The molecule has 0 heterocycles. The third-order valence-corrected chi connectivity index (χ3v) is 10.2. The van der Waals surface area contributed by atoms with Crippen molar-refractivity contribution in [1.82, 2.24) is 10.2 Å². The fraction of sp³-hybridized carbons (Fsp3) is 0.355. The summed E-state index contributed by atoms with van der Waals surface area (Å²) in [7, 11) is -4.55. The highest BCUT2D eigenvalue weighted by Crippen LogP contribution is 2.38. The van der Waals surface area contributed by atoms with E-state index < -0.39 is 56.9 Å². The fourth-order valence-corrected chi connectivity index (χ4v) is 6.91. The molecular formula is C31H32BrClF3N3O4S. The normalized spacial score (nSPS) is 14.7. The number of benzene rings is 3. The van der Waals surface area contributed by atoms with Crippen molar-refractivity contribution in [2.45, 2.75) is 69.2 Å². The molecule has 2 amide bonds. The van der Waals surface area contributed by atoms with Gasteiger partial charge in [-0.1, -0.05) is 70.2 Å². The van der Waals surface area contributed by atoms with Crippen molar-refractivity contribution in [3.63, 3.8) is 0 Å². The van der Waals surface area contributed by atoms with Gasteiger partial charge in [-0.25, -0.2) is 8.42 Å². The minimum absolute atomic E-state index is 0.0251. The van der Waals surface area contributed by atoms with E-state index >= 15 is 0 Å². The predicted octanol–water partition coefficient (Wildman–Crippen LogP) is 7.10. The summed E-state index contributed by atoms with van der Waals surface area (Å²) in [6.07, 6.45) is -1.28. The monoisotopic (exact) mass is 713 g/mol. The molecule has 1 N–H and O–H groups in total. The third kappa shape index (κ3) is 8.13. The summed E-state index contributed by atoms with van der Waals surface area (Å²) in [5.41, 5.74) is -0.215. The first-order valence-electron chi connectivity index (χ1n) is 14.0. The van der Waals surface area contributed by atoms with Crippen molar-refractivity contribution in [3.05, 3.63) is 92.9 Å². The lowest BCUT2D eigenvalue weighted by molar-refractivity contribution is -0.139. The molecule has 13 heteroatoms. The Balaban J connectivity index is 1.75. The highest BCUT2D eigenvalue weighted by molar-refractivity contribution is 9.10. The number of carbonyl (C=O) groups is 2. The topological polar surface area (TPSA) is 86.8 Å². The zero-order chi connectivity index (χ0) is 32.2. The smallest absolute Gasteiger partial charge is 0.352 e. The van der Waals surface area contributed by atoms with Gasteiger partial charge in [0.25, 0.3) is 10.0 Å². The van der Waals surface area contributed by atoms with Gasteiger partial charge < -0.3 is 10.2 Å². The van der Waals surface area contributed by atoms with Crippen molar-refractivity contribution in [1.29, 1.82) is 0 Å². The first kappa shape index (κ1) is 33.8. The molecule has 0 spiro atoms. The van der Waals surface area contributed by atoms with Crippen LogP contribution in [0.15, 0.2) is 76.1 Å². The Kier molecular flexibility index (Phi) is 10.7. The molecule has 1 unspecified atom stereocenters. The van der Waals surface area contributed by atoms with Crippen LogP contribution >= 0.6 is 27.5 Å². The van der Waals surface area contributed by atoms with E-state index in [1.807, 2.05) is 0 Å². The number of nitrogens with one attached hydrogen (secondary N) is 1. The molecule has 44 heavy (non-hydrogen) atoms. The van der Waals surface area contributed by atoms with Gasteiger partial charge in [0.1, 0.15) is 12.6 Å². The minimum atomic E-state index is -4.88. The highest BCUT2D eigenvalue weighted by Gasteiger charge is 2.37. The average Bonchev–Trinajstić information content (AvgIpc) is 3.48. The van der Waals surface area contributed by atoms with Crippen LogP contribution in [0.2, 0.25) is 5.02 Å². The third-order valence-electron chi connectivity index (χ3n) is 7.57. The van der Waals surface area contributed by atoms with Gasteiger partial charge in [-0.05, 0) is 74.7 Å². The van der Waals surface area contributed by atoms with Crippen LogP contribution in [0.5, 0.6) is 0 Å². The number of hydrogen-bond donors (Lipinski definition) is 1. The molecule has 0 bridgehead atoms. The molecule has 1 aliphatic rings. The number of rotatable bonds is 10. The standard InChI is InChI=1S/C31H32BrClF3N3O4S/c1-20-7-14-26(15-8-20)44(42,43)39(25-13-16-28(33)27(17-25)31(34,35)36)19-29(40)38(18-22-9-11-23(32)12-10-22)21(2)30(41)37-24-5-3-4-6-24/h7-17,21,24H,3-6,18-19H2,1-2H3,(H,37,41). The Morgan fingerprint density at radius 2 is 1.64 bits per heavy atom. The second kappa shape index (κ2) is 13.9. The van der Waals surface area contributed by atoms with Crippen LogP contribution in [0.4, 0.5) is 18.9 Å². The van der Waals surface area contributed by atoms with Crippen molar-refractivity contribution < 1.29 is 31.2 Å². The van der Waals surface area contributed by atoms with Gasteiger partial charge >= 0.3 is 6.18 Å². The van der Waals surface area contributed by atoms with Crippen LogP contribution in [-0.2, 0) is 32.3 Å². The average molecular weight is 715 g/mol. The van der Waals surface area contributed by atoms with Gasteiger partial charge in [0.05, 0.1) is 21.2 Å². The quantitative estimate of drug-likeness (QED) is 0.243. The Morgan fingerprint density at radius 3 is 2.23 bits per heavy atom. The Morgan fingerprint density at radius 1 is 1.02 bits per heavy atom. The van der Waals surface area contributed by atoms with E-state index in [0.717, 1.165) is 47.9 Å². The molecular weight excluding hydrogens is 683 g/mol. The van der Waals surface area contributed by atoms with E-state index in [9.17, 15) is 31.2 Å². The number of halogens is 5. The highest BCUT2D eigenvalue weighted by atomic mass is 79.9.